The number of nitrogens with zero attached hydrogens (tertiary/aromatic N) is 2. The Hall–Kier alpha value is -5.88. The summed E-state index contributed by atoms with van der Waals surface area (Å²) in [5.41, 5.74) is 8.34. The van der Waals surface area contributed by atoms with Crippen molar-refractivity contribution in [2.45, 2.75) is 26.2 Å². The predicted molar refractivity (Wildman–Crippen MR) is 204 cm³/mol. The summed E-state index contributed by atoms with van der Waals surface area (Å²) in [5.74, 6) is 2.86. The number of benzene rings is 6. The molecule has 0 N–H and O–H groups in total. The Balaban J connectivity index is 1.44. The van der Waals surface area contributed by atoms with E-state index in [9.17, 15) is 0 Å². The number of rotatable bonds is 15. The Morgan fingerprint density at radius 1 is 0.340 bits per heavy atom. The van der Waals surface area contributed by atoms with Crippen LogP contribution in [0.3, 0.4) is 0 Å². The molecule has 0 aromatic heterocycles. The van der Waals surface area contributed by atoms with Gasteiger partial charge in [0, 0.05) is 49.4 Å². The SMILES string of the molecule is COc1cc(N(Cc2ccccc2)Cc2ccccc2)c(OC)cc1-c1cc(OC)c(N(Cc2ccccc2)Cc2ccccc2)cc1OC. The first-order chi connectivity index (χ1) is 24.6. The van der Waals surface area contributed by atoms with Crippen molar-refractivity contribution in [2.75, 3.05) is 38.2 Å². The van der Waals surface area contributed by atoms with Crippen molar-refractivity contribution in [1.29, 1.82) is 0 Å². The standard InChI is InChI=1S/C44H44N2O4/c1-47-41-27-39(45(29-33-17-9-5-10-18-33)30-34-19-11-6-12-20-34)43(49-3)25-37(41)38-26-44(50-4)40(28-42(38)48-2)46(31-35-21-13-7-14-22-35)32-36-23-15-8-16-24-36/h5-28H,29-32H2,1-4H3. The van der Waals surface area contributed by atoms with E-state index in [0.29, 0.717) is 37.7 Å². The fourth-order valence-corrected chi connectivity index (χ4v) is 6.35. The highest BCUT2D eigenvalue weighted by molar-refractivity contribution is 5.84. The van der Waals surface area contributed by atoms with Crippen LogP contribution in [0, 0.1) is 0 Å². The monoisotopic (exact) mass is 664 g/mol. The Morgan fingerprint density at radius 3 is 0.840 bits per heavy atom. The first kappa shape index (κ1) is 34.0. The molecule has 0 radical (unpaired) electrons. The number of methoxy groups -OCH3 is 4. The van der Waals surface area contributed by atoms with Gasteiger partial charge in [0.25, 0.3) is 0 Å². The normalized spacial score (nSPS) is 10.7. The van der Waals surface area contributed by atoms with Gasteiger partial charge in [0.05, 0.1) is 39.8 Å². The molecule has 0 amide bonds. The first-order valence-corrected chi connectivity index (χ1v) is 16.8. The van der Waals surface area contributed by atoms with Gasteiger partial charge in [0.1, 0.15) is 23.0 Å². The van der Waals surface area contributed by atoms with Crippen molar-refractivity contribution < 1.29 is 18.9 Å². The van der Waals surface area contributed by atoms with Crippen LogP contribution in [-0.2, 0) is 26.2 Å². The summed E-state index contributed by atoms with van der Waals surface area (Å²) in [6.07, 6.45) is 0. The lowest BCUT2D eigenvalue weighted by atomic mass is 9.99. The van der Waals surface area contributed by atoms with Gasteiger partial charge in [0.2, 0.25) is 0 Å². The van der Waals surface area contributed by atoms with E-state index in [2.05, 4.69) is 119 Å². The summed E-state index contributed by atoms with van der Waals surface area (Å²) in [4.78, 5) is 4.64. The number of ether oxygens (including phenoxy) is 4. The van der Waals surface area contributed by atoms with Crippen molar-refractivity contribution >= 4 is 11.4 Å². The maximum atomic E-state index is 6.11. The van der Waals surface area contributed by atoms with Gasteiger partial charge in [-0.25, -0.2) is 0 Å². The summed E-state index contributed by atoms with van der Waals surface area (Å²) >= 11 is 0. The van der Waals surface area contributed by atoms with Crippen LogP contribution in [0.1, 0.15) is 22.3 Å². The summed E-state index contributed by atoms with van der Waals surface area (Å²) in [6.45, 7) is 2.77. The van der Waals surface area contributed by atoms with Crippen LogP contribution in [0.5, 0.6) is 23.0 Å². The maximum absolute atomic E-state index is 6.11. The molecule has 0 fully saturated rings. The van der Waals surface area contributed by atoms with Gasteiger partial charge in [-0.3, -0.25) is 0 Å². The summed E-state index contributed by atoms with van der Waals surface area (Å²) in [7, 11) is 6.83. The average molecular weight is 665 g/mol. The minimum absolute atomic E-state index is 0.694. The lowest BCUT2D eigenvalue weighted by Gasteiger charge is -2.29. The second-order valence-electron chi connectivity index (χ2n) is 12.1. The van der Waals surface area contributed by atoms with E-state index in [1.54, 1.807) is 28.4 Å². The molecule has 0 saturated carbocycles. The van der Waals surface area contributed by atoms with Gasteiger partial charge in [-0.2, -0.15) is 0 Å². The van der Waals surface area contributed by atoms with Crippen LogP contribution in [-0.4, -0.2) is 28.4 Å². The molecule has 0 heterocycles. The number of hydrogen-bond donors (Lipinski definition) is 0. The summed E-state index contributed by atoms with van der Waals surface area (Å²) in [5, 5.41) is 0. The van der Waals surface area contributed by atoms with E-state index < -0.39 is 0 Å². The quantitative estimate of drug-likeness (QED) is 0.109. The topological polar surface area (TPSA) is 43.4 Å². The van der Waals surface area contributed by atoms with Crippen molar-refractivity contribution in [3.8, 4) is 34.1 Å². The highest BCUT2D eigenvalue weighted by Gasteiger charge is 2.24. The van der Waals surface area contributed by atoms with Crippen molar-refractivity contribution in [3.05, 3.63) is 168 Å². The zero-order valence-corrected chi connectivity index (χ0v) is 29.2. The highest BCUT2D eigenvalue weighted by atomic mass is 16.5. The molecule has 6 nitrogen and oxygen atoms in total. The van der Waals surface area contributed by atoms with Gasteiger partial charge in [0.15, 0.2) is 0 Å². The molecule has 0 spiro atoms. The van der Waals surface area contributed by atoms with Gasteiger partial charge in [-0.1, -0.05) is 121 Å². The Bertz CT molecular complexity index is 1720. The lowest BCUT2D eigenvalue weighted by molar-refractivity contribution is 0.399. The second kappa shape index (κ2) is 16.5. The van der Waals surface area contributed by atoms with E-state index in [1.807, 2.05) is 36.4 Å². The van der Waals surface area contributed by atoms with E-state index in [1.165, 1.54) is 22.3 Å². The van der Waals surface area contributed by atoms with Crippen LogP contribution < -0.4 is 28.7 Å². The van der Waals surface area contributed by atoms with Gasteiger partial charge < -0.3 is 28.7 Å². The molecule has 50 heavy (non-hydrogen) atoms. The van der Waals surface area contributed by atoms with E-state index in [0.717, 1.165) is 34.0 Å². The third-order valence-electron chi connectivity index (χ3n) is 8.84. The first-order valence-electron chi connectivity index (χ1n) is 16.8. The molecule has 0 unspecified atom stereocenters. The number of anilines is 2. The molecule has 6 rings (SSSR count). The van der Waals surface area contributed by atoms with Crippen LogP contribution in [0.4, 0.5) is 11.4 Å². The molecular weight excluding hydrogens is 620 g/mol. The molecule has 0 saturated heterocycles. The number of hydrogen-bond acceptors (Lipinski definition) is 6. The Kier molecular flexibility index (Phi) is 11.2. The molecular formula is C44H44N2O4. The third-order valence-corrected chi connectivity index (χ3v) is 8.84. The van der Waals surface area contributed by atoms with Crippen LogP contribution in [0.2, 0.25) is 0 Å². The van der Waals surface area contributed by atoms with Crippen LogP contribution >= 0.6 is 0 Å². The smallest absolute Gasteiger partial charge is 0.143 e. The van der Waals surface area contributed by atoms with E-state index >= 15 is 0 Å². The second-order valence-corrected chi connectivity index (χ2v) is 12.1. The minimum Gasteiger partial charge on any atom is -0.496 e. The fraction of sp³-hybridized carbons (Fsp3) is 0.182. The molecule has 6 heteroatoms. The zero-order chi connectivity index (χ0) is 34.7. The molecule has 0 atom stereocenters. The Labute approximate surface area is 296 Å². The largest absolute Gasteiger partial charge is 0.496 e. The van der Waals surface area contributed by atoms with Crippen molar-refractivity contribution in [2.24, 2.45) is 0 Å². The van der Waals surface area contributed by atoms with Crippen LogP contribution in [0.25, 0.3) is 11.1 Å². The zero-order valence-electron chi connectivity index (χ0n) is 29.2. The summed E-state index contributed by atoms with van der Waals surface area (Å²) < 4.78 is 24.4. The van der Waals surface area contributed by atoms with Crippen molar-refractivity contribution in [3.63, 3.8) is 0 Å². The predicted octanol–water partition coefficient (Wildman–Crippen LogP) is 9.80. The van der Waals surface area contributed by atoms with E-state index in [-0.39, 0.29) is 0 Å². The lowest BCUT2D eigenvalue weighted by Crippen LogP contribution is -2.23. The van der Waals surface area contributed by atoms with Gasteiger partial charge in [-0.15, -0.1) is 0 Å². The highest BCUT2D eigenvalue weighted by Crippen LogP contribution is 2.48. The van der Waals surface area contributed by atoms with E-state index in [4.69, 9.17) is 18.9 Å². The summed E-state index contributed by atoms with van der Waals surface area (Å²) in [6, 6.07) is 50.1. The van der Waals surface area contributed by atoms with Crippen LogP contribution in [0.15, 0.2) is 146 Å². The van der Waals surface area contributed by atoms with Gasteiger partial charge in [-0.05, 0) is 34.4 Å². The molecule has 0 bridgehead atoms. The third kappa shape index (κ3) is 8.04. The average Bonchev–Trinajstić information content (AvgIpc) is 3.18. The minimum atomic E-state index is 0.694. The Morgan fingerprint density at radius 2 is 0.600 bits per heavy atom. The fourth-order valence-electron chi connectivity index (χ4n) is 6.35. The van der Waals surface area contributed by atoms with Crippen molar-refractivity contribution in [1.82, 2.24) is 0 Å². The molecule has 0 aliphatic carbocycles. The molecule has 0 aliphatic heterocycles. The molecule has 6 aromatic carbocycles. The molecule has 254 valence electrons. The van der Waals surface area contributed by atoms with Gasteiger partial charge >= 0.3 is 0 Å². The molecule has 6 aromatic rings. The molecule has 0 aliphatic rings. The maximum Gasteiger partial charge on any atom is 0.143 e.